The van der Waals surface area contributed by atoms with Crippen LogP contribution in [-0.4, -0.2) is 16.9 Å². The number of hydrogen-bond acceptors (Lipinski definition) is 3. The Kier molecular flexibility index (Phi) is 3.80. The van der Waals surface area contributed by atoms with Crippen molar-refractivity contribution in [1.82, 2.24) is 10.6 Å². The number of allylic oxidation sites excluding steroid dienone is 1. The zero-order valence-electron chi connectivity index (χ0n) is 9.72. The van der Waals surface area contributed by atoms with Crippen molar-refractivity contribution in [3.05, 3.63) is 11.6 Å². The summed E-state index contributed by atoms with van der Waals surface area (Å²) in [5, 5.41) is 5.11. The van der Waals surface area contributed by atoms with E-state index in [0.29, 0.717) is 6.42 Å². The summed E-state index contributed by atoms with van der Waals surface area (Å²) in [5.41, 5.74) is -0.326. The number of carbonyl (C=O) groups is 2. The van der Waals surface area contributed by atoms with Crippen LogP contribution in [-0.2, 0) is 9.59 Å². The summed E-state index contributed by atoms with van der Waals surface area (Å²) in [6.07, 6.45) is 3.12. The van der Waals surface area contributed by atoms with Gasteiger partial charge in [0, 0.05) is 0 Å². The van der Waals surface area contributed by atoms with Gasteiger partial charge in [0.15, 0.2) is 5.11 Å². The molecule has 1 saturated heterocycles. The van der Waals surface area contributed by atoms with Crippen molar-refractivity contribution in [2.75, 3.05) is 0 Å². The summed E-state index contributed by atoms with van der Waals surface area (Å²) < 4.78 is 0. The van der Waals surface area contributed by atoms with Gasteiger partial charge in [0.05, 0.1) is 0 Å². The molecule has 1 heterocycles. The van der Waals surface area contributed by atoms with Crippen molar-refractivity contribution < 1.29 is 9.59 Å². The van der Waals surface area contributed by atoms with Crippen molar-refractivity contribution in [2.24, 2.45) is 5.41 Å². The Morgan fingerprint density at radius 3 is 2.19 bits per heavy atom. The molecule has 16 heavy (non-hydrogen) atoms. The van der Waals surface area contributed by atoms with Gasteiger partial charge in [-0.3, -0.25) is 9.59 Å². The highest BCUT2D eigenvalue weighted by Crippen LogP contribution is 2.33. The van der Waals surface area contributed by atoms with Crippen molar-refractivity contribution in [1.29, 1.82) is 0 Å². The Balaban J connectivity index is 3.20. The predicted molar refractivity (Wildman–Crippen MR) is 65.7 cm³/mol. The van der Waals surface area contributed by atoms with E-state index in [1.165, 1.54) is 0 Å². The summed E-state index contributed by atoms with van der Waals surface area (Å²) in [6.45, 7) is 5.59. The lowest BCUT2D eigenvalue weighted by Gasteiger charge is -2.35. The maximum atomic E-state index is 12.0. The third-order valence-electron chi connectivity index (χ3n) is 2.94. The van der Waals surface area contributed by atoms with Crippen LogP contribution in [0.5, 0.6) is 0 Å². The monoisotopic (exact) mass is 240 g/mol. The van der Waals surface area contributed by atoms with Gasteiger partial charge >= 0.3 is 0 Å². The van der Waals surface area contributed by atoms with Crippen molar-refractivity contribution in [2.45, 2.75) is 33.6 Å². The van der Waals surface area contributed by atoms with Crippen LogP contribution < -0.4 is 10.6 Å². The van der Waals surface area contributed by atoms with Gasteiger partial charge < -0.3 is 10.6 Å². The Labute approximate surface area is 100 Å². The first-order valence-electron chi connectivity index (χ1n) is 5.33. The summed E-state index contributed by atoms with van der Waals surface area (Å²) in [6, 6.07) is 0. The zero-order chi connectivity index (χ0) is 12.3. The molecule has 0 atom stereocenters. The normalized spacial score (nSPS) is 20.4. The molecule has 88 valence electrons. The SMILES string of the molecule is CC/C=C(\C)C1(CC)C(=O)NC(=S)NC1=O. The van der Waals surface area contributed by atoms with E-state index in [0.717, 1.165) is 12.0 Å². The zero-order valence-corrected chi connectivity index (χ0v) is 10.5. The number of carbonyl (C=O) groups excluding carboxylic acids is 2. The molecular weight excluding hydrogens is 224 g/mol. The predicted octanol–water partition coefficient (Wildman–Crippen LogP) is 1.27. The Morgan fingerprint density at radius 2 is 1.81 bits per heavy atom. The third kappa shape index (κ3) is 1.87. The lowest BCUT2D eigenvalue weighted by atomic mass is 9.75. The van der Waals surface area contributed by atoms with E-state index in [9.17, 15) is 9.59 Å². The number of rotatable bonds is 3. The maximum Gasteiger partial charge on any atom is 0.245 e. The highest BCUT2D eigenvalue weighted by molar-refractivity contribution is 7.80. The molecular formula is C11H16N2O2S. The average Bonchev–Trinajstić information content (AvgIpc) is 2.18. The van der Waals surface area contributed by atoms with Gasteiger partial charge in [-0.25, -0.2) is 0 Å². The van der Waals surface area contributed by atoms with Gasteiger partial charge in [-0.1, -0.05) is 25.5 Å². The molecule has 0 aromatic heterocycles. The molecule has 1 aliphatic rings. The molecule has 0 saturated carbocycles. The van der Waals surface area contributed by atoms with E-state index in [-0.39, 0.29) is 16.9 Å². The Morgan fingerprint density at radius 1 is 1.31 bits per heavy atom. The lowest BCUT2D eigenvalue weighted by molar-refractivity contribution is -0.141. The minimum absolute atomic E-state index is 0.0865. The van der Waals surface area contributed by atoms with Crippen LogP contribution in [0.4, 0.5) is 0 Å². The van der Waals surface area contributed by atoms with Crippen LogP contribution in [0, 0.1) is 5.41 Å². The van der Waals surface area contributed by atoms with Crippen LogP contribution >= 0.6 is 12.2 Å². The number of nitrogens with one attached hydrogen (secondary N) is 2. The van der Waals surface area contributed by atoms with Crippen LogP contribution in [0.25, 0.3) is 0 Å². The van der Waals surface area contributed by atoms with Crippen LogP contribution in [0.1, 0.15) is 33.6 Å². The molecule has 0 aromatic carbocycles. The Bertz CT molecular complexity index is 354. The fourth-order valence-electron chi connectivity index (χ4n) is 1.99. The first-order valence-corrected chi connectivity index (χ1v) is 5.74. The second kappa shape index (κ2) is 4.74. The molecule has 0 spiro atoms. The molecule has 4 nitrogen and oxygen atoms in total. The molecule has 1 rings (SSSR count). The summed E-state index contributed by atoms with van der Waals surface area (Å²) in [4.78, 5) is 24.0. The van der Waals surface area contributed by atoms with Crippen molar-refractivity contribution >= 4 is 29.1 Å². The first kappa shape index (κ1) is 12.8. The van der Waals surface area contributed by atoms with E-state index in [2.05, 4.69) is 10.6 Å². The lowest BCUT2D eigenvalue weighted by Crippen LogP contribution is -2.62. The van der Waals surface area contributed by atoms with E-state index < -0.39 is 5.41 Å². The topological polar surface area (TPSA) is 58.2 Å². The van der Waals surface area contributed by atoms with Crippen LogP contribution in [0.15, 0.2) is 11.6 Å². The second-order valence-corrected chi connectivity index (χ2v) is 4.20. The summed E-state index contributed by atoms with van der Waals surface area (Å²) in [7, 11) is 0. The van der Waals surface area contributed by atoms with Crippen molar-refractivity contribution in [3.8, 4) is 0 Å². The second-order valence-electron chi connectivity index (χ2n) is 3.79. The molecule has 1 aliphatic heterocycles. The first-order chi connectivity index (χ1) is 7.48. The molecule has 0 radical (unpaired) electrons. The van der Waals surface area contributed by atoms with Gasteiger partial charge in [-0.15, -0.1) is 0 Å². The quantitative estimate of drug-likeness (QED) is 0.444. The molecule has 5 heteroatoms. The maximum absolute atomic E-state index is 12.0. The van der Waals surface area contributed by atoms with Gasteiger partial charge in [0.1, 0.15) is 5.41 Å². The number of amides is 2. The molecule has 0 aromatic rings. The fourth-order valence-corrected chi connectivity index (χ4v) is 2.18. The van der Waals surface area contributed by atoms with Crippen LogP contribution in [0.2, 0.25) is 0 Å². The standard InChI is InChI=1S/C11H16N2O2S/c1-4-6-7(3)11(5-2)8(14)12-10(16)13-9(11)15/h6H,4-5H2,1-3H3,(H2,12,13,14,15,16)/b7-6+. The van der Waals surface area contributed by atoms with E-state index in [4.69, 9.17) is 12.2 Å². The average molecular weight is 240 g/mol. The van der Waals surface area contributed by atoms with E-state index in [1.54, 1.807) is 6.92 Å². The number of thiocarbonyl (C=S) groups is 1. The minimum atomic E-state index is -1.10. The smallest absolute Gasteiger partial charge is 0.245 e. The molecule has 1 fully saturated rings. The Hall–Kier alpha value is -1.23. The summed E-state index contributed by atoms with van der Waals surface area (Å²) in [5.74, 6) is -0.656. The third-order valence-corrected chi connectivity index (χ3v) is 3.15. The fraction of sp³-hybridized carbons (Fsp3) is 0.545. The minimum Gasteiger partial charge on any atom is -0.302 e. The largest absolute Gasteiger partial charge is 0.302 e. The van der Waals surface area contributed by atoms with E-state index >= 15 is 0 Å². The number of hydrogen-bond donors (Lipinski definition) is 2. The molecule has 0 bridgehead atoms. The highest BCUT2D eigenvalue weighted by atomic mass is 32.1. The molecule has 2 amide bonds. The highest BCUT2D eigenvalue weighted by Gasteiger charge is 2.49. The van der Waals surface area contributed by atoms with E-state index in [1.807, 2.05) is 19.9 Å². The van der Waals surface area contributed by atoms with Gasteiger partial charge in [0.2, 0.25) is 11.8 Å². The summed E-state index contributed by atoms with van der Waals surface area (Å²) >= 11 is 4.78. The molecule has 2 N–H and O–H groups in total. The van der Waals surface area contributed by atoms with Crippen LogP contribution in [0.3, 0.4) is 0 Å². The van der Waals surface area contributed by atoms with Gasteiger partial charge in [0.25, 0.3) is 0 Å². The van der Waals surface area contributed by atoms with Gasteiger partial charge in [-0.2, -0.15) is 0 Å². The molecule has 0 unspecified atom stereocenters. The van der Waals surface area contributed by atoms with Crippen molar-refractivity contribution in [3.63, 3.8) is 0 Å². The molecule has 0 aliphatic carbocycles. The van der Waals surface area contributed by atoms with Gasteiger partial charge in [-0.05, 0) is 32.0 Å².